The Kier molecular flexibility index (Phi) is 12.1. The fraction of sp³-hybridized carbons (Fsp3) is 0.257. The van der Waals surface area contributed by atoms with Gasteiger partial charge in [0.15, 0.2) is 0 Å². The summed E-state index contributed by atoms with van der Waals surface area (Å²) < 4.78 is 29.4. The average molecular weight is 701 g/mol. The average Bonchev–Trinajstić information content (AvgIpc) is 3.04. The van der Waals surface area contributed by atoms with E-state index in [4.69, 9.17) is 34.8 Å². The monoisotopic (exact) mass is 699 g/mol. The van der Waals surface area contributed by atoms with Crippen LogP contribution >= 0.6 is 34.8 Å². The van der Waals surface area contributed by atoms with Gasteiger partial charge in [-0.25, -0.2) is 8.42 Å². The van der Waals surface area contributed by atoms with Gasteiger partial charge in [0, 0.05) is 34.1 Å². The zero-order chi connectivity index (χ0) is 33.4. The summed E-state index contributed by atoms with van der Waals surface area (Å²) in [5, 5.41) is 4.09. The van der Waals surface area contributed by atoms with Gasteiger partial charge in [-0.2, -0.15) is 0 Å². The van der Waals surface area contributed by atoms with E-state index in [1.54, 1.807) is 61.5 Å². The number of hydrogen-bond acceptors (Lipinski definition) is 4. The molecule has 0 spiro atoms. The van der Waals surface area contributed by atoms with E-state index in [0.29, 0.717) is 32.6 Å². The topological polar surface area (TPSA) is 86.8 Å². The van der Waals surface area contributed by atoms with Crippen LogP contribution in [0.3, 0.4) is 0 Å². The standard InChI is InChI=1S/C35H36Cl3N3O4S/c1-4-24(2)39-35(43)33(20-26-12-7-5-8-13-26)40(22-27-18-19-28(36)21-31(27)38)34(42)23-41(32-17-11-16-30(37)25(32)3)46(44,45)29-14-9-6-10-15-29/h5-19,21,24,33H,4,20,22-23H2,1-3H3,(H,39,43)/t24-,33+/m1/s1. The Hall–Kier alpha value is -3.56. The number of sulfonamides is 1. The van der Waals surface area contributed by atoms with Gasteiger partial charge in [-0.1, -0.05) is 102 Å². The molecule has 11 heteroatoms. The summed E-state index contributed by atoms with van der Waals surface area (Å²) in [6, 6.07) is 25.8. The van der Waals surface area contributed by atoms with Gasteiger partial charge < -0.3 is 10.2 Å². The molecule has 0 aliphatic rings. The molecule has 0 aliphatic carbocycles. The largest absolute Gasteiger partial charge is 0.352 e. The van der Waals surface area contributed by atoms with Crippen molar-refractivity contribution in [3.8, 4) is 0 Å². The third-order valence-corrected chi connectivity index (χ3v) is 10.5. The highest BCUT2D eigenvalue weighted by molar-refractivity contribution is 7.92. The first kappa shape index (κ1) is 35.3. The van der Waals surface area contributed by atoms with Gasteiger partial charge in [0.25, 0.3) is 10.0 Å². The molecule has 0 aliphatic heterocycles. The Balaban J connectivity index is 1.85. The third-order valence-electron chi connectivity index (χ3n) is 7.75. The molecule has 2 amide bonds. The molecule has 0 saturated heterocycles. The van der Waals surface area contributed by atoms with Gasteiger partial charge in [-0.3, -0.25) is 13.9 Å². The third kappa shape index (κ3) is 8.62. The number of carbonyl (C=O) groups excluding carboxylic acids is 2. The molecular formula is C35H36Cl3N3O4S. The summed E-state index contributed by atoms with van der Waals surface area (Å²) >= 11 is 19.2. The number of anilines is 1. The molecular weight excluding hydrogens is 665 g/mol. The summed E-state index contributed by atoms with van der Waals surface area (Å²) in [5.74, 6) is -0.974. The lowest BCUT2D eigenvalue weighted by molar-refractivity contribution is -0.140. The van der Waals surface area contributed by atoms with Crippen LogP contribution in [0.5, 0.6) is 0 Å². The summed E-state index contributed by atoms with van der Waals surface area (Å²) in [4.78, 5) is 30.0. The van der Waals surface area contributed by atoms with Crippen LogP contribution in [-0.4, -0.2) is 43.8 Å². The van der Waals surface area contributed by atoms with Gasteiger partial charge in [-0.05, 0) is 73.4 Å². The summed E-state index contributed by atoms with van der Waals surface area (Å²) in [6.45, 7) is 4.85. The highest BCUT2D eigenvalue weighted by Crippen LogP contribution is 2.32. The lowest BCUT2D eigenvalue weighted by Gasteiger charge is -2.35. The maximum Gasteiger partial charge on any atom is 0.264 e. The number of benzene rings is 4. The van der Waals surface area contributed by atoms with Crippen LogP contribution in [0.1, 0.15) is 37.0 Å². The quantitative estimate of drug-likeness (QED) is 0.155. The van der Waals surface area contributed by atoms with Crippen LogP contribution in [-0.2, 0) is 32.6 Å². The van der Waals surface area contributed by atoms with Crippen LogP contribution in [0.25, 0.3) is 0 Å². The molecule has 4 aromatic carbocycles. The van der Waals surface area contributed by atoms with Crippen molar-refractivity contribution in [3.63, 3.8) is 0 Å². The first-order valence-corrected chi connectivity index (χ1v) is 17.4. The number of amides is 2. The summed E-state index contributed by atoms with van der Waals surface area (Å²) in [7, 11) is -4.25. The Morgan fingerprint density at radius 3 is 2.13 bits per heavy atom. The molecule has 7 nitrogen and oxygen atoms in total. The maximum atomic E-state index is 14.6. The molecule has 1 N–H and O–H groups in total. The van der Waals surface area contributed by atoms with Crippen molar-refractivity contribution < 1.29 is 18.0 Å². The van der Waals surface area contributed by atoms with Gasteiger partial charge in [0.2, 0.25) is 11.8 Å². The van der Waals surface area contributed by atoms with Crippen LogP contribution in [0, 0.1) is 6.92 Å². The van der Waals surface area contributed by atoms with E-state index in [1.807, 2.05) is 44.2 Å². The molecule has 242 valence electrons. The maximum absolute atomic E-state index is 14.6. The molecule has 4 rings (SSSR count). The van der Waals surface area contributed by atoms with E-state index in [9.17, 15) is 18.0 Å². The van der Waals surface area contributed by atoms with Crippen LogP contribution in [0.15, 0.2) is 102 Å². The molecule has 0 saturated carbocycles. The van der Waals surface area contributed by atoms with E-state index in [-0.39, 0.29) is 35.5 Å². The van der Waals surface area contributed by atoms with Gasteiger partial charge >= 0.3 is 0 Å². The number of nitrogens with zero attached hydrogens (tertiary/aromatic N) is 2. The normalized spacial score (nSPS) is 12.7. The highest BCUT2D eigenvalue weighted by atomic mass is 35.5. The molecule has 0 aromatic heterocycles. The predicted molar refractivity (Wildman–Crippen MR) is 186 cm³/mol. The molecule has 0 bridgehead atoms. The SMILES string of the molecule is CC[C@@H](C)NC(=O)[C@H](Cc1ccccc1)N(Cc1ccc(Cl)cc1Cl)C(=O)CN(c1cccc(Cl)c1C)S(=O)(=O)c1ccccc1. The first-order valence-electron chi connectivity index (χ1n) is 14.8. The van der Waals surface area contributed by atoms with Crippen molar-refractivity contribution >= 4 is 62.3 Å². The number of nitrogens with one attached hydrogen (secondary N) is 1. The second-order valence-electron chi connectivity index (χ2n) is 11.0. The molecule has 0 unspecified atom stereocenters. The number of halogens is 3. The molecule has 4 aromatic rings. The van der Waals surface area contributed by atoms with Crippen molar-refractivity contribution in [2.45, 2.75) is 57.1 Å². The van der Waals surface area contributed by atoms with Gasteiger partial charge in [-0.15, -0.1) is 0 Å². The minimum absolute atomic E-state index is 0.00446. The molecule has 0 fully saturated rings. The van der Waals surface area contributed by atoms with Crippen molar-refractivity contribution in [1.29, 1.82) is 0 Å². The number of hydrogen-bond donors (Lipinski definition) is 1. The molecule has 0 radical (unpaired) electrons. The van der Waals surface area contributed by atoms with E-state index in [2.05, 4.69) is 5.32 Å². The van der Waals surface area contributed by atoms with Crippen molar-refractivity contribution in [2.24, 2.45) is 0 Å². The second kappa shape index (κ2) is 15.8. The van der Waals surface area contributed by atoms with E-state index in [0.717, 1.165) is 9.87 Å². The molecule has 2 atom stereocenters. The fourth-order valence-electron chi connectivity index (χ4n) is 4.93. The second-order valence-corrected chi connectivity index (χ2v) is 14.1. The minimum Gasteiger partial charge on any atom is -0.352 e. The lowest BCUT2D eigenvalue weighted by atomic mass is 10.0. The molecule has 46 heavy (non-hydrogen) atoms. The Morgan fingerprint density at radius 2 is 1.50 bits per heavy atom. The van der Waals surface area contributed by atoms with Crippen molar-refractivity contribution in [2.75, 3.05) is 10.8 Å². The first-order chi connectivity index (χ1) is 21.9. The smallest absolute Gasteiger partial charge is 0.264 e. The Bertz CT molecular complexity index is 1770. The number of carbonyl (C=O) groups is 2. The van der Waals surface area contributed by atoms with E-state index >= 15 is 0 Å². The Morgan fingerprint density at radius 1 is 0.848 bits per heavy atom. The zero-order valence-electron chi connectivity index (χ0n) is 25.8. The Labute approximate surface area is 286 Å². The predicted octanol–water partition coefficient (Wildman–Crippen LogP) is 7.71. The molecule has 0 heterocycles. The van der Waals surface area contributed by atoms with E-state index in [1.165, 1.54) is 17.0 Å². The van der Waals surface area contributed by atoms with Crippen LogP contribution in [0.4, 0.5) is 5.69 Å². The fourth-order valence-corrected chi connectivity index (χ4v) is 7.06. The van der Waals surface area contributed by atoms with Crippen molar-refractivity contribution in [3.05, 3.63) is 129 Å². The van der Waals surface area contributed by atoms with Crippen LogP contribution in [0.2, 0.25) is 15.1 Å². The zero-order valence-corrected chi connectivity index (χ0v) is 28.9. The van der Waals surface area contributed by atoms with Crippen molar-refractivity contribution in [1.82, 2.24) is 10.2 Å². The van der Waals surface area contributed by atoms with Gasteiger partial charge in [0.1, 0.15) is 12.6 Å². The van der Waals surface area contributed by atoms with Gasteiger partial charge in [0.05, 0.1) is 10.6 Å². The highest BCUT2D eigenvalue weighted by Gasteiger charge is 2.35. The lowest BCUT2D eigenvalue weighted by Crippen LogP contribution is -2.54. The summed E-state index contributed by atoms with van der Waals surface area (Å²) in [5.41, 5.74) is 2.11. The van der Waals surface area contributed by atoms with E-state index < -0.39 is 28.5 Å². The number of rotatable bonds is 13. The summed E-state index contributed by atoms with van der Waals surface area (Å²) in [6.07, 6.45) is 0.861. The van der Waals surface area contributed by atoms with Crippen LogP contribution < -0.4 is 9.62 Å². The minimum atomic E-state index is -4.25.